The zero-order valence-corrected chi connectivity index (χ0v) is 11.3. The van der Waals surface area contributed by atoms with Crippen molar-refractivity contribution in [1.29, 1.82) is 0 Å². The van der Waals surface area contributed by atoms with E-state index in [-0.39, 0.29) is 18.1 Å². The molecule has 0 spiro atoms. The number of ether oxygens (including phenoxy) is 1. The largest absolute Gasteiger partial charge is 0.471 e. The highest BCUT2D eigenvalue weighted by atomic mass is 19.1. The molecule has 1 saturated carbocycles. The molecule has 0 aromatic heterocycles. The molecular weight excluding hydrogens is 253 g/mol. The highest BCUT2D eigenvalue weighted by Gasteiger charge is 2.46. The minimum atomic E-state index is -0.789. The molecule has 20 heavy (non-hydrogen) atoms. The number of alkyl halides is 1. The second kappa shape index (κ2) is 4.30. The van der Waals surface area contributed by atoms with Crippen LogP contribution in [0.5, 0.6) is 0 Å². The lowest BCUT2D eigenvalue weighted by atomic mass is 10.0. The van der Waals surface area contributed by atoms with E-state index < -0.39 is 6.17 Å². The molecular formula is C17H16FNO. The number of halogens is 1. The predicted octanol–water partition coefficient (Wildman–Crippen LogP) is 3.73. The highest BCUT2D eigenvalue weighted by Crippen LogP contribution is 2.38. The molecule has 2 aromatic carbocycles. The van der Waals surface area contributed by atoms with Crippen LogP contribution < -0.4 is 0 Å². The van der Waals surface area contributed by atoms with Crippen LogP contribution in [0.3, 0.4) is 0 Å². The van der Waals surface area contributed by atoms with Crippen molar-refractivity contribution in [2.24, 2.45) is 10.9 Å². The average Bonchev–Trinajstić information content (AvgIpc) is 2.99. The average molecular weight is 269 g/mol. The monoisotopic (exact) mass is 269 g/mol. The van der Waals surface area contributed by atoms with Crippen LogP contribution >= 0.6 is 0 Å². The van der Waals surface area contributed by atoms with Gasteiger partial charge in [0, 0.05) is 17.9 Å². The first-order valence-corrected chi connectivity index (χ1v) is 7.11. The molecule has 2 aliphatic rings. The maximum atomic E-state index is 13.7. The molecule has 4 atom stereocenters. The maximum absolute atomic E-state index is 13.7. The van der Waals surface area contributed by atoms with E-state index in [1.807, 2.05) is 31.2 Å². The molecule has 4 rings (SSSR count). The van der Waals surface area contributed by atoms with Gasteiger partial charge in [0.25, 0.3) is 0 Å². The van der Waals surface area contributed by atoms with Crippen molar-refractivity contribution in [3.63, 3.8) is 0 Å². The van der Waals surface area contributed by atoms with E-state index in [2.05, 4.69) is 23.2 Å². The summed E-state index contributed by atoms with van der Waals surface area (Å²) in [5.41, 5.74) is 1.01. The lowest BCUT2D eigenvalue weighted by molar-refractivity contribution is 0.137. The van der Waals surface area contributed by atoms with Gasteiger partial charge in [-0.2, -0.15) is 0 Å². The topological polar surface area (TPSA) is 21.6 Å². The summed E-state index contributed by atoms with van der Waals surface area (Å²) in [6.07, 6.45) is -0.401. The molecule has 1 fully saturated rings. The summed E-state index contributed by atoms with van der Waals surface area (Å²) >= 11 is 0. The predicted molar refractivity (Wildman–Crippen MR) is 77.8 cm³/mol. The fraction of sp³-hybridized carbons (Fsp3) is 0.353. The van der Waals surface area contributed by atoms with Crippen molar-refractivity contribution in [2.45, 2.75) is 31.7 Å². The third kappa shape index (κ3) is 1.65. The zero-order chi connectivity index (χ0) is 13.7. The minimum Gasteiger partial charge on any atom is -0.471 e. The summed E-state index contributed by atoms with van der Waals surface area (Å²) in [6.45, 7) is 1.91. The Hall–Kier alpha value is -1.90. The first-order chi connectivity index (χ1) is 9.74. The lowest BCUT2D eigenvalue weighted by Gasteiger charge is -2.16. The highest BCUT2D eigenvalue weighted by molar-refractivity contribution is 6.07. The number of benzene rings is 2. The molecule has 2 aromatic rings. The number of hydrogen-bond acceptors (Lipinski definition) is 2. The summed E-state index contributed by atoms with van der Waals surface area (Å²) in [6, 6.07) is 14.3. The molecule has 0 N–H and O–H groups in total. The Bertz CT molecular complexity index is 691. The van der Waals surface area contributed by atoms with Crippen LogP contribution in [0.2, 0.25) is 0 Å². The maximum Gasteiger partial charge on any atom is 0.217 e. The smallest absolute Gasteiger partial charge is 0.217 e. The van der Waals surface area contributed by atoms with Gasteiger partial charge in [-0.15, -0.1) is 0 Å². The quantitative estimate of drug-likeness (QED) is 0.773. The van der Waals surface area contributed by atoms with Gasteiger partial charge in [-0.25, -0.2) is 9.38 Å². The second-order valence-corrected chi connectivity index (χ2v) is 5.72. The number of aliphatic imine (C=N–C) groups is 1. The van der Waals surface area contributed by atoms with Crippen LogP contribution in [0.1, 0.15) is 18.9 Å². The van der Waals surface area contributed by atoms with E-state index >= 15 is 0 Å². The van der Waals surface area contributed by atoms with E-state index in [0.29, 0.717) is 12.3 Å². The summed E-state index contributed by atoms with van der Waals surface area (Å²) in [5, 5.41) is 2.31. The van der Waals surface area contributed by atoms with Crippen molar-refractivity contribution in [2.75, 3.05) is 0 Å². The molecule has 0 saturated heterocycles. The number of rotatable bonds is 1. The Kier molecular flexibility index (Phi) is 2.56. The van der Waals surface area contributed by atoms with E-state index in [1.54, 1.807) is 0 Å². The molecule has 1 aliphatic heterocycles. The van der Waals surface area contributed by atoms with Gasteiger partial charge in [0.2, 0.25) is 5.90 Å². The Morgan fingerprint density at radius 1 is 1.15 bits per heavy atom. The van der Waals surface area contributed by atoms with E-state index in [4.69, 9.17) is 4.74 Å². The SMILES string of the molecule is CC1C(F)CC2N=C(c3cccc4ccccc34)OC21. The zero-order valence-electron chi connectivity index (χ0n) is 11.3. The number of nitrogens with zero attached hydrogens (tertiary/aromatic N) is 1. The van der Waals surface area contributed by atoms with Crippen LogP contribution in [0.15, 0.2) is 47.5 Å². The van der Waals surface area contributed by atoms with Crippen molar-refractivity contribution in [3.05, 3.63) is 48.0 Å². The summed E-state index contributed by atoms with van der Waals surface area (Å²) in [4.78, 5) is 4.63. The normalized spacial score (nSPS) is 32.0. The molecule has 4 unspecified atom stereocenters. The summed E-state index contributed by atoms with van der Waals surface area (Å²) < 4.78 is 19.6. The van der Waals surface area contributed by atoms with Gasteiger partial charge >= 0.3 is 0 Å². The third-order valence-corrected chi connectivity index (χ3v) is 4.49. The Morgan fingerprint density at radius 3 is 2.80 bits per heavy atom. The van der Waals surface area contributed by atoms with Crippen molar-refractivity contribution < 1.29 is 9.13 Å². The van der Waals surface area contributed by atoms with Crippen molar-refractivity contribution >= 4 is 16.7 Å². The van der Waals surface area contributed by atoms with E-state index in [0.717, 1.165) is 10.9 Å². The van der Waals surface area contributed by atoms with Crippen LogP contribution in [0.25, 0.3) is 10.8 Å². The van der Waals surface area contributed by atoms with Crippen LogP contribution in [-0.4, -0.2) is 24.2 Å². The molecule has 0 bridgehead atoms. The molecule has 0 amide bonds. The first kappa shape index (κ1) is 11.9. The Balaban J connectivity index is 1.77. The molecule has 0 radical (unpaired) electrons. The lowest BCUT2D eigenvalue weighted by Crippen LogP contribution is -2.23. The Labute approximate surface area is 117 Å². The Morgan fingerprint density at radius 2 is 1.95 bits per heavy atom. The molecule has 1 aliphatic carbocycles. The van der Waals surface area contributed by atoms with E-state index in [1.165, 1.54) is 5.39 Å². The van der Waals surface area contributed by atoms with Crippen molar-refractivity contribution in [3.8, 4) is 0 Å². The molecule has 102 valence electrons. The molecule has 2 nitrogen and oxygen atoms in total. The fourth-order valence-corrected chi connectivity index (χ4v) is 3.30. The number of hydrogen-bond donors (Lipinski definition) is 0. The third-order valence-electron chi connectivity index (χ3n) is 4.49. The fourth-order valence-electron chi connectivity index (χ4n) is 3.30. The van der Waals surface area contributed by atoms with Crippen LogP contribution in [-0.2, 0) is 4.74 Å². The van der Waals surface area contributed by atoms with Crippen molar-refractivity contribution in [1.82, 2.24) is 0 Å². The molecule has 1 heterocycles. The van der Waals surface area contributed by atoms with Gasteiger partial charge in [0.1, 0.15) is 12.3 Å². The van der Waals surface area contributed by atoms with Gasteiger partial charge in [-0.3, -0.25) is 0 Å². The van der Waals surface area contributed by atoms with Gasteiger partial charge in [0.15, 0.2) is 0 Å². The van der Waals surface area contributed by atoms with Crippen LogP contribution in [0.4, 0.5) is 4.39 Å². The second-order valence-electron chi connectivity index (χ2n) is 5.72. The standard InChI is InChI=1S/C17H16FNO/c1-10-14(18)9-15-16(10)20-17(19-15)13-8-4-6-11-5-2-3-7-12(11)13/h2-8,10,14-16H,9H2,1H3. The summed E-state index contributed by atoms with van der Waals surface area (Å²) in [7, 11) is 0. The first-order valence-electron chi connectivity index (χ1n) is 7.11. The van der Waals surface area contributed by atoms with Gasteiger partial charge in [0.05, 0.1) is 6.04 Å². The van der Waals surface area contributed by atoms with Crippen LogP contribution in [0, 0.1) is 5.92 Å². The number of fused-ring (bicyclic) bond motifs is 2. The minimum absolute atomic E-state index is 0.0195. The van der Waals surface area contributed by atoms with E-state index in [9.17, 15) is 4.39 Å². The molecule has 3 heteroatoms. The summed E-state index contributed by atoms with van der Waals surface area (Å²) in [5.74, 6) is 0.603. The van der Waals surface area contributed by atoms with Gasteiger partial charge in [-0.05, 0) is 16.8 Å². The van der Waals surface area contributed by atoms with Gasteiger partial charge in [-0.1, -0.05) is 43.3 Å². The van der Waals surface area contributed by atoms with Gasteiger partial charge < -0.3 is 4.74 Å².